The molecule has 2 aromatic carbocycles. The number of rotatable bonds is 6. The maximum Gasteiger partial charge on any atom is 0.239 e. The molecule has 3 rings (SSSR count). The van der Waals surface area contributed by atoms with Crippen LogP contribution < -0.4 is 14.8 Å². The molecule has 1 N–H and O–H groups in total. The van der Waals surface area contributed by atoms with Crippen LogP contribution in [0, 0.1) is 0 Å². The number of anilines is 1. The van der Waals surface area contributed by atoms with E-state index in [0.29, 0.717) is 27.8 Å². The van der Waals surface area contributed by atoms with E-state index in [4.69, 9.17) is 21.1 Å². The number of fused-ring (bicyclic) bond motifs is 1. The summed E-state index contributed by atoms with van der Waals surface area (Å²) < 4.78 is 35.8. The van der Waals surface area contributed by atoms with E-state index in [2.05, 4.69) is 5.32 Å². The summed E-state index contributed by atoms with van der Waals surface area (Å²) in [4.78, 5) is 12.3. The highest BCUT2D eigenvalue weighted by atomic mass is 35.5. The summed E-state index contributed by atoms with van der Waals surface area (Å²) in [5.74, 6) is 0.705. The zero-order valence-electron chi connectivity index (χ0n) is 13.9. The molecule has 26 heavy (non-hydrogen) atoms. The van der Waals surface area contributed by atoms with E-state index in [1.165, 1.54) is 0 Å². The average Bonchev–Trinajstić information content (AvgIpc) is 3.01. The molecule has 9 heteroatoms. The van der Waals surface area contributed by atoms with Crippen LogP contribution in [0.2, 0.25) is 5.02 Å². The van der Waals surface area contributed by atoms with Crippen molar-refractivity contribution in [3.63, 3.8) is 0 Å². The summed E-state index contributed by atoms with van der Waals surface area (Å²) in [6, 6.07) is 11.8. The molecule has 1 amide bonds. The van der Waals surface area contributed by atoms with Crippen molar-refractivity contribution < 1.29 is 22.7 Å². The molecule has 0 radical (unpaired) electrons. The predicted octanol–water partition coefficient (Wildman–Crippen LogP) is 2.47. The predicted molar refractivity (Wildman–Crippen MR) is 97.9 cm³/mol. The molecule has 138 valence electrons. The number of hydrogen-bond acceptors (Lipinski definition) is 5. The number of hydrogen-bond donors (Lipinski definition) is 1. The van der Waals surface area contributed by atoms with Crippen molar-refractivity contribution in [1.82, 2.24) is 4.31 Å². The Bertz CT molecular complexity index is 933. The Labute approximate surface area is 156 Å². The van der Waals surface area contributed by atoms with Crippen molar-refractivity contribution in [2.24, 2.45) is 0 Å². The van der Waals surface area contributed by atoms with Crippen molar-refractivity contribution in [3.8, 4) is 11.5 Å². The largest absolute Gasteiger partial charge is 0.454 e. The summed E-state index contributed by atoms with van der Waals surface area (Å²) in [7, 11) is -3.60. The van der Waals surface area contributed by atoms with Gasteiger partial charge in [-0.1, -0.05) is 23.7 Å². The first-order valence-corrected chi connectivity index (χ1v) is 9.93. The first-order valence-electron chi connectivity index (χ1n) is 7.70. The van der Waals surface area contributed by atoms with Gasteiger partial charge in [0.1, 0.15) is 0 Å². The van der Waals surface area contributed by atoms with Crippen molar-refractivity contribution in [1.29, 1.82) is 0 Å². The van der Waals surface area contributed by atoms with Gasteiger partial charge in [0, 0.05) is 17.3 Å². The minimum atomic E-state index is -3.60. The van der Waals surface area contributed by atoms with Crippen molar-refractivity contribution in [2.75, 3.05) is 24.9 Å². The second-order valence-electron chi connectivity index (χ2n) is 5.78. The highest BCUT2D eigenvalue weighted by Gasteiger charge is 2.22. The lowest BCUT2D eigenvalue weighted by Gasteiger charge is -2.20. The van der Waals surface area contributed by atoms with Gasteiger partial charge in [0.15, 0.2) is 11.5 Å². The van der Waals surface area contributed by atoms with Crippen LogP contribution in [0.1, 0.15) is 5.56 Å². The van der Waals surface area contributed by atoms with Gasteiger partial charge < -0.3 is 14.8 Å². The summed E-state index contributed by atoms with van der Waals surface area (Å²) in [6.07, 6.45) is 1.06. The molecule has 0 aliphatic carbocycles. The highest BCUT2D eigenvalue weighted by Crippen LogP contribution is 2.33. The van der Waals surface area contributed by atoms with Crippen LogP contribution in [-0.2, 0) is 21.4 Å². The van der Waals surface area contributed by atoms with E-state index in [1.807, 2.05) is 0 Å². The third-order valence-corrected chi connectivity index (χ3v) is 5.12. The lowest BCUT2D eigenvalue weighted by Crippen LogP contribution is -2.36. The molecule has 0 bridgehead atoms. The molecule has 0 unspecified atom stereocenters. The van der Waals surface area contributed by atoms with Crippen LogP contribution in [0.15, 0.2) is 42.5 Å². The zero-order chi connectivity index (χ0) is 18.7. The Morgan fingerprint density at radius 1 is 1.19 bits per heavy atom. The van der Waals surface area contributed by atoms with Crippen LogP contribution in [0.5, 0.6) is 11.5 Å². The van der Waals surface area contributed by atoms with Gasteiger partial charge >= 0.3 is 0 Å². The number of halogens is 1. The van der Waals surface area contributed by atoms with E-state index in [0.717, 1.165) is 10.6 Å². The fraction of sp³-hybridized carbons (Fsp3) is 0.235. The maximum absolute atomic E-state index is 12.3. The molecule has 1 aliphatic heterocycles. The third kappa shape index (κ3) is 4.66. The van der Waals surface area contributed by atoms with Crippen molar-refractivity contribution in [2.45, 2.75) is 6.54 Å². The monoisotopic (exact) mass is 396 g/mol. The average molecular weight is 397 g/mol. The minimum Gasteiger partial charge on any atom is -0.454 e. The molecule has 0 saturated heterocycles. The van der Waals surface area contributed by atoms with Crippen molar-refractivity contribution in [3.05, 3.63) is 53.1 Å². The van der Waals surface area contributed by atoms with Gasteiger partial charge in [0.05, 0.1) is 12.8 Å². The zero-order valence-corrected chi connectivity index (χ0v) is 15.5. The van der Waals surface area contributed by atoms with Gasteiger partial charge in [-0.3, -0.25) is 4.79 Å². The summed E-state index contributed by atoms with van der Waals surface area (Å²) in [6.45, 7) is -0.144. The molecular weight excluding hydrogens is 380 g/mol. The normalized spacial score (nSPS) is 13.0. The molecule has 0 spiro atoms. The van der Waals surface area contributed by atoms with Crippen LogP contribution in [0.25, 0.3) is 0 Å². The van der Waals surface area contributed by atoms with Gasteiger partial charge in [-0.15, -0.1) is 0 Å². The summed E-state index contributed by atoms with van der Waals surface area (Å²) in [5.41, 5.74) is 1.19. The molecule has 0 aromatic heterocycles. The first-order chi connectivity index (χ1) is 12.3. The van der Waals surface area contributed by atoms with E-state index < -0.39 is 15.9 Å². The number of amides is 1. The second-order valence-corrected chi connectivity index (χ2v) is 8.20. The third-order valence-electron chi connectivity index (χ3n) is 3.69. The summed E-state index contributed by atoms with van der Waals surface area (Å²) in [5, 5.41) is 3.11. The lowest BCUT2D eigenvalue weighted by atomic mass is 10.2. The Kier molecular flexibility index (Phi) is 5.36. The summed E-state index contributed by atoms with van der Waals surface area (Å²) >= 11 is 5.88. The van der Waals surface area contributed by atoms with Gasteiger partial charge in [0.2, 0.25) is 22.7 Å². The van der Waals surface area contributed by atoms with Gasteiger partial charge in [-0.25, -0.2) is 8.42 Å². The van der Waals surface area contributed by atoms with Crippen LogP contribution >= 0.6 is 11.6 Å². The number of carbonyl (C=O) groups excluding carboxylic acids is 1. The van der Waals surface area contributed by atoms with Crippen LogP contribution in [0.3, 0.4) is 0 Å². The number of nitrogens with zero attached hydrogens (tertiary/aromatic N) is 1. The quantitative estimate of drug-likeness (QED) is 0.810. The number of sulfonamides is 1. The molecule has 0 fully saturated rings. The highest BCUT2D eigenvalue weighted by molar-refractivity contribution is 7.88. The number of carbonyl (C=O) groups is 1. The SMILES string of the molecule is CS(=O)(=O)N(CC(=O)Nc1cccc(Cl)c1)Cc1ccc2c(c1)OCO2. The smallest absolute Gasteiger partial charge is 0.239 e. The fourth-order valence-electron chi connectivity index (χ4n) is 2.46. The Hall–Kier alpha value is -2.29. The molecular formula is C17H17ClN2O5S. The fourth-order valence-corrected chi connectivity index (χ4v) is 3.39. The first kappa shape index (κ1) is 18.5. The Morgan fingerprint density at radius 3 is 2.69 bits per heavy atom. The lowest BCUT2D eigenvalue weighted by molar-refractivity contribution is -0.116. The topological polar surface area (TPSA) is 84.9 Å². The maximum atomic E-state index is 12.3. The Morgan fingerprint density at radius 2 is 1.96 bits per heavy atom. The van der Waals surface area contributed by atoms with Gasteiger partial charge in [0.25, 0.3) is 0 Å². The van der Waals surface area contributed by atoms with Gasteiger partial charge in [-0.05, 0) is 35.9 Å². The second kappa shape index (κ2) is 7.53. The van der Waals surface area contributed by atoms with E-state index in [9.17, 15) is 13.2 Å². The van der Waals surface area contributed by atoms with E-state index in [-0.39, 0.29) is 19.9 Å². The molecule has 7 nitrogen and oxygen atoms in total. The molecule has 1 aliphatic rings. The molecule has 0 saturated carbocycles. The van der Waals surface area contributed by atoms with Crippen LogP contribution in [-0.4, -0.2) is 38.2 Å². The van der Waals surface area contributed by atoms with E-state index >= 15 is 0 Å². The molecule has 2 aromatic rings. The number of ether oxygens (including phenoxy) is 2. The van der Waals surface area contributed by atoms with E-state index in [1.54, 1.807) is 42.5 Å². The number of benzene rings is 2. The van der Waals surface area contributed by atoms with Gasteiger partial charge in [-0.2, -0.15) is 4.31 Å². The Balaban J connectivity index is 1.71. The molecule has 1 heterocycles. The number of nitrogens with one attached hydrogen (secondary N) is 1. The minimum absolute atomic E-state index is 0.0401. The van der Waals surface area contributed by atoms with Crippen LogP contribution in [0.4, 0.5) is 5.69 Å². The van der Waals surface area contributed by atoms with Crippen molar-refractivity contribution >= 4 is 33.2 Å². The molecule has 0 atom stereocenters. The standard InChI is InChI=1S/C17H17ClN2O5S/c1-26(22,23)20(9-12-5-6-15-16(7-12)25-11-24-15)10-17(21)19-14-4-2-3-13(18)8-14/h2-8H,9-11H2,1H3,(H,19,21).